The van der Waals surface area contributed by atoms with Crippen LogP contribution in [0.2, 0.25) is 0 Å². The summed E-state index contributed by atoms with van der Waals surface area (Å²) >= 11 is 1.78. The van der Waals surface area contributed by atoms with E-state index in [1.165, 1.54) is 11.3 Å². The van der Waals surface area contributed by atoms with Crippen LogP contribution in [0.1, 0.15) is 36.5 Å². The third kappa shape index (κ3) is 1.58. The number of carbonyl (C=O) groups excluding carboxylic acids is 1. The summed E-state index contributed by atoms with van der Waals surface area (Å²) in [5.41, 5.74) is 0. The van der Waals surface area contributed by atoms with Crippen LogP contribution < -0.4 is 0 Å². The van der Waals surface area contributed by atoms with E-state index >= 15 is 0 Å². The van der Waals surface area contributed by atoms with E-state index in [9.17, 15) is 4.79 Å². The van der Waals surface area contributed by atoms with Crippen molar-refractivity contribution in [2.75, 3.05) is 0 Å². The van der Waals surface area contributed by atoms with Crippen LogP contribution in [-0.2, 0) is 4.79 Å². The third-order valence-electron chi connectivity index (χ3n) is 2.43. The van der Waals surface area contributed by atoms with Crippen molar-refractivity contribution >= 4 is 17.1 Å². The minimum absolute atomic E-state index is 0.444. The number of Topliss-reactive ketones (excluding diaryl/α,β-unsaturated/α-hetero) is 1. The van der Waals surface area contributed by atoms with Crippen LogP contribution >= 0.6 is 11.3 Å². The van der Waals surface area contributed by atoms with E-state index in [-0.39, 0.29) is 0 Å². The molecule has 0 spiro atoms. The molecule has 1 aliphatic rings. The fraction of sp³-hybridized carbons (Fsp3) is 0.500. The molecule has 1 nitrogen and oxygen atoms in total. The van der Waals surface area contributed by atoms with Gasteiger partial charge in [0.25, 0.3) is 0 Å². The Bertz CT molecular complexity index is 263. The minimum Gasteiger partial charge on any atom is -0.300 e. The van der Waals surface area contributed by atoms with Gasteiger partial charge < -0.3 is 0 Å². The second-order valence-corrected chi connectivity index (χ2v) is 4.33. The Labute approximate surface area is 76.4 Å². The molecule has 12 heavy (non-hydrogen) atoms. The molecule has 64 valence electrons. The van der Waals surface area contributed by atoms with Crippen molar-refractivity contribution in [1.29, 1.82) is 0 Å². The fourth-order valence-electron chi connectivity index (χ4n) is 1.79. The Morgan fingerprint density at radius 2 is 2.42 bits per heavy atom. The van der Waals surface area contributed by atoms with Crippen LogP contribution in [0.3, 0.4) is 0 Å². The van der Waals surface area contributed by atoms with E-state index < -0.39 is 0 Å². The summed E-state index contributed by atoms with van der Waals surface area (Å²) in [5, 5.41) is 2.09. The lowest BCUT2D eigenvalue weighted by molar-refractivity contribution is -0.120. The van der Waals surface area contributed by atoms with Gasteiger partial charge in [-0.15, -0.1) is 11.3 Å². The molecule has 1 saturated carbocycles. The Morgan fingerprint density at radius 3 is 3.08 bits per heavy atom. The van der Waals surface area contributed by atoms with Gasteiger partial charge in [-0.1, -0.05) is 6.07 Å². The van der Waals surface area contributed by atoms with Gasteiger partial charge in [0.05, 0.1) is 0 Å². The molecule has 1 aromatic rings. The maximum atomic E-state index is 11.2. The highest BCUT2D eigenvalue weighted by molar-refractivity contribution is 7.10. The second-order valence-electron chi connectivity index (χ2n) is 3.35. The minimum atomic E-state index is 0.444. The van der Waals surface area contributed by atoms with Gasteiger partial charge in [-0.2, -0.15) is 0 Å². The van der Waals surface area contributed by atoms with Crippen molar-refractivity contribution in [2.24, 2.45) is 0 Å². The van der Waals surface area contributed by atoms with Crippen LogP contribution in [0.15, 0.2) is 17.5 Å². The van der Waals surface area contributed by atoms with Gasteiger partial charge >= 0.3 is 0 Å². The normalized spacial score (nSPS) is 24.3. The lowest BCUT2D eigenvalue weighted by Crippen LogP contribution is -2.12. The second kappa shape index (κ2) is 3.40. The molecular weight excluding hydrogens is 168 g/mol. The topological polar surface area (TPSA) is 17.1 Å². The molecule has 2 rings (SSSR count). The van der Waals surface area contributed by atoms with Gasteiger partial charge in [0, 0.05) is 23.6 Å². The molecule has 0 aliphatic heterocycles. The molecule has 0 unspecified atom stereocenters. The Balaban J connectivity index is 2.09. The molecule has 1 aromatic heterocycles. The van der Waals surface area contributed by atoms with Crippen LogP contribution in [0.5, 0.6) is 0 Å². The van der Waals surface area contributed by atoms with Crippen molar-refractivity contribution in [2.45, 2.75) is 31.6 Å². The Kier molecular flexibility index (Phi) is 2.26. The zero-order valence-corrected chi connectivity index (χ0v) is 7.77. The van der Waals surface area contributed by atoms with Crippen molar-refractivity contribution in [1.82, 2.24) is 0 Å². The van der Waals surface area contributed by atoms with Crippen LogP contribution in [0.25, 0.3) is 0 Å². The molecule has 0 saturated heterocycles. The van der Waals surface area contributed by atoms with Gasteiger partial charge in [-0.05, 0) is 24.3 Å². The SMILES string of the molecule is O=C1CCC[C@@H](c2cccs2)C1. The predicted molar refractivity (Wildman–Crippen MR) is 50.5 cm³/mol. The molecule has 1 fully saturated rings. The maximum absolute atomic E-state index is 11.2. The van der Waals surface area contributed by atoms with Gasteiger partial charge in [0.1, 0.15) is 5.78 Å². The number of thiophene rings is 1. The molecule has 2 heteroatoms. The number of carbonyl (C=O) groups is 1. The monoisotopic (exact) mass is 180 g/mol. The average Bonchev–Trinajstić information content (AvgIpc) is 2.56. The third-order valence-corrected chi connectivity index (χ3v) is 3.46. The molecule has 0 N–H and O–H groups in total. The molecule has 0 amide bonds. The summed E-state index contributed by atoms with van der Waals surface area (Å²) in [5.74, 6) is 0.978. The molecule has 1 heterocycles. The van der Waals surface area contributed by atoms with Crippen LogP contribution in [0, 0.1) is 0 Å². The van der Waals surface area contributed by atoms with Gasteiger partial charge in [0.15, 0.2) is 0 Å². The summed E-state index contributed by atoms with van der Waals surface area (Å²) < 4.78 is 0. The van der Waals surface area contributed by atoms with Crippen LogP contribution in [-0.4, -0.2) is 5.78 Å². The number of ketones is 1. The first kappa shape index (κ1) is 7.99. The number of hydrogen-bond donors (Lipinski definition) is 0. The van der Waals surface area contributed by atoms with E-state index in [0.29, 0.717) is 11.7 Å². The zero-order valence-electron chi connectivity index (χ0n) is 6.95. The highest BCUT2D eigenvalue weighted by Crippen LogP contribution is 2.33. The molecule has 1 aliphatic carbocycles. The summed E-state index contributed by atoms with van der Waals surface area (Å²) in [7, 11) is 0. The van der Waals surface area contributed by atoms with E-state index in [2.05, 4.69) is 17.5 Å². The van der Waals surface area contributed by atoms with Crippen molar-refractivity contribution in [3.63, 3.8) is 0 Å². The van der Waals surface area contributed by atoms with Crippen LogP contribution in [0.4, 0.5) is 0 Å². The largest absolute Gasteiger partial charge is 0.300 e. The maximum Gasteiger partial charge on any atom is 0.133 e. The van der Waals surface area contributed by atoms with E-state index in [1.807, 2.05) is 0 Å². The highest BCUT2D eigenvalue weighted by Gasteiger charge is 2.21. The number of hydrogen-bond acceptors (Lipinski definition) is 2. The summed E-state index contributed by atoms with van der Waals surface area (Å²) in [6, 6.07) is 4.22. The van der Waals surface area contributed by atoms with Crippen molar-refractivity contribution in [3.05, 3.63) is 22.4 Å². The predicted octanol–water partition coefficient (Wildman–Crippen LogP) is 2.97. The number of rotatable bonds is 1. The standard InChI is InChI=1S/C10H12OS/c11-9-4-1-3-8(7-9)10-5-2-6-12-10/h2,5-6,8H,1,3-4,7H2/t8-/m1/s1. The molecule has 0 radical (unpaired) electrons. The van der Waals surface area contributed by atoms with E-state index in [4.69, 9.17) is 0 Å². The lowest BCUT2D eigenvalue weighted by atomic mass is 9.87. The summed E-state index contributed by atoms with van der Waals surface area (Å²) in [4.78, 5) is 12.6. The Morgan fingerprint density at radius 1 is 1.50 bits per heavy atom. The molecule has 0 bridgehead atoms. The summed E-state index contributed by atoms with van der Waals surface area (Å²) in [6.45, 7) is 0. The summed E-state index contributed by atoms with van der Waals surface area (Å²) in [6.07, 6.45) is 3.87. The lowest BCUT2D eigenvalue weighted by Gasteiger charge is -2.18. The highest BCUT2D eigenvalue weighted by atomic mass is 32.1. The van der Waals surface area contributed by atoms with E-state index in [0.717, 1.165) is 19.3 Å². The smallest absolute Gasteiger partial charge is 0.133 e. The molecular formula is C10H12OS. The average molecular weight is 180 g/mol. The molecule has 0 aromatic carbocycles. The van der Waals surface area contributed by atoms with Gasteiger partial charge in [-0.3, -0.25) is 4.79 Å². The van der Waals surface area contributed by atoms with Crippen molar-refractivity contribution in [3.8, 4) is 0 Å². The van der Waals surface area contributed by atoms with Gasteiger partial charge in [0.2, 0.25) is 0 Å². The first-order valence-corrected chi connectivity index (χ1v) is 5.29. The fourth-order valence-corrected chi connectivity index (χ4v) is 2.66. The first-order valence-electron chi connectivity index (χ1n) is 4.41. The Hall–Kier alpha value is -0.630. The zero-order chi connectivity index (χ0) is 8.39. The van der Waals surface area contributed by atoms with Crippen molar-refractivity contribution < 1.29 is 4.79 Å². The first-order chi connectivity index (χ1) is 5.86. The quantitative estimate of drug-likeness (QED) is 0.649. The van der Waals surface area contributed by atoms with Gasteiger partial charge in [-0.25, -0.2) is 0 Å². The van der Waals surface area contributed by atoms with E-state index in [1.54, 1.807) is 11.3 Å². The molecule has 1 atom stereocenters.